The quantitative estimate of drug-likeness (QED) is 0.595. The van der Waals surface area contributed by atoms with E-state index in [0.717, 1.165) is 66.9 Å². The van der Waals surface area contributed by atoms with Gasteiger partial charge in [0.05, 0.1) is 10.6 Å². The molecule has 0 spiro atoms. The van der Waals surface area contributed by atoms with Crippen LogP contribution in [-0.4, -0.2) is 35.0 Å². The van der Waals surface area contributed by atoms with Gasteiger partial charge in [-0.3, -0.25) is 0 Å². The summed E-state index contributed by atoms with van der Waals surface area (Å²) in [6, 6.07) is 5.46. The van der Waals surface area contributed by atoms with Crippen molar-refractivity contribution in [1.82, 2.24) is 20.2 Å². The van der Waals surface area contributed by atoms with E-state index >= 15 is 0 Å². The number of anilines is 1. The van der Waals surface area contributed by atoms with Crippen LogP contribution in [0.25, 0.3) is 12.3 Å². The van der Waals surface area contributed by atoms with Crippen molar-refractivity contribution in [2.45, 2.75) is 77.8 Å². The van der Waals surface area contributed by atoms with Crippen LogP contribution in [-0.2, 0) is 6.54 Å². The molecule has 2 bridgehead atoms. The first-order chi connectivity index (χ1) is 17.2. The molecule has 5 rings (SSSR count). The second-order valence-corrected chi connectivity index (χ2v) is 10.5. The van der Waals surface area contributed by atoms with Gasteiger partial charge in [-0.15, -0.1) is 0 Å². The Morgan fingerprint density at radius 3 is 2.64 bits per heavy atom. The molecule has 5 nitrogen and oxygen atoms in total. The number of rotatable bonds is 6. The van der Waals surface area contributed by atoms with Gasteiger partial charge in [-0.2, -0.15) is 0 Å². The summed E-state index contributed by atoms with van der Waals surface area (Å²) < 4.78 is 26.8. The third kappa shape index (κ3) is 5.55. The molecular formula is C29H39F2N5. The van der Waals surface area contributed by atoms with Crippen LogP contribution >= 0.6 is 0 Å². The van der Waals surface area contributed by atoms with Crippen LogP contribution in [0, 0.1) is 19.3 Å². The average Bonchev–Trinajstić information content (AvgIpc) is 2.84. The standard InChI is InChI=1S/C29H39F2N5/c1-19-22(9-8-10-24(19)27(30)31)17-33-28-25-18-32-23-12-15-29(16-13-23,20(2)36(4)5)14-7-6-11-26(25)34-21(3)35-28/h8-11,18,23,27,32H,2,6-7,12-17H2,1,3-5H3,(H,33,34,35)/b25-18+,26-11+. The van der Waals surface area contributed by atoms with Crippen LogP contribution in [0.3, 0.4) is 0 Å². The van der Waals surface area contributed by atoms with E-state index in [0.29, 0.717) is 24.0 Å². The number of allylic oxidation sites excluding steroid dienone is 1. The van der Waals surface area contributed by atoms with Crippen LogP contribution in [0.1, 0.15) is 73.9 Å². The first-order valence-corrected chi connectivity index (χ1v) is 13.0. The lowest BCUT2D eigenvalue weighted by Gasteiger charge is -2.44. The number of fused-ring (bicyclic) bond motifs is 6. The Bertz CT molecular complexity index is 1210. The van der Waals surface area contributed by atoms with Crippen LogP contribution in [0.15, 0.2) is 30.5 Å². The van der Waals surface area contributed by atoms with Crippen LogP contribution in [0.2, 0.25) is 0 Å². The van der Waals surface area contributed by atoms with E-state index in [-0.39, 0.29) is 11.0 Å². The highest BCUT2D eigenvalue weighted by Gasteiger charge is 2.38. The number of benzene rings is 1. The minimum Gasteiger partial charge on any atom is -0.388 e. The number of aryl methyl sites for hydroxylation is 1. The van der Waals surface area contributed by atoms with Gasteiger partial charge >= 0.3 is 0 Å². The maximum Gasteiger partial charge on any atom is 0.264 e. The summed E-state index contributed by atoms with van der Waals surface area (Å²) in [5, 5.41) is 8.91. The van der Waals surface area contributed by atoms with E-state index in [2.05, 4.69) is 48.5 Å². The Morgan fingerprint density at radius 2 is 1.94 bits per heavy atom. The van der Waals surface area contributed by atoms with Gasteiger partial charge in [0.15, 0.2) is 0 Å². The van der Waals surface area contributed by atoms with Gasteiger partial charge in [-0.25, -0.2) is 18.7 Å². The number of hydrogen-bond acceptors (Lipinski definition) is 5. The first kappa shape index (κ1) is 26.1. The van der Waals surface area contributed by atoms with Crippen molar-refractivity contribution in [3.63, 3.8) is 0 Å². The average molecular weight is 496 g/mol. The van der Waals surface area contributed by atoms with Crippen molar-refractivity contribution in [3.05, 3.63) is 63.6 Å². The second kappa shape index (κ2) is 11.0. The van der Waals surface area contributed by atoms with Crippen molar-refractivity contribution in [2.75, 3.05) is 19.4 Å². The van der Waals surface area contributed by atoms with Crippen LogP contribution in [0.4, 0.5) is 14.6 Å². The van der Waals surface area contributed by atoms with Crippen molar-refractivity contribution in [1.29, 1.82) is 0 Å². The lowest BCUT2D eigenvalue weighted by Crippen LogP contribution is -2.42. The molecule has 2 aromatic rings. The Balaban J connectivity index is 1.65. The van der Waals surface area contributed by atoms with Crippen molar-refractivity contribution < 1.29 is 8.78 Å². The van der Waals surface area contributed by atoms with Crippen molar-refractivity contribution >= 4 is 18.1 Å². The molecule has 36 heavy (non-hydrogen) atoms. The number of hydrogen-bond donors (Lipinski definition) is 2. The van der Waals surface area contributed by atoms with Crippen LogP contribution in [0.5, 0.6) is 0 Å². The van der Waals surface area contributed by atoms with Gasteiger partial charge in [0.1, 0.15) is 11.6 Å². The second-order valence-electron chi connectivity index (χ2n) is 10.5. The molecule has 194 valence electrons. The molecule has 3 aliphatic rings. The number of alkyl halides is 2. The molecule has 0 atom stereocenters. The minimum absolute atomic E-state index is 0.0791. The lowest BCUT2D eigenvalue weighted by atomic mass is 9.67. The van der Waals surface area contributed by atoms with Gasteiger partial charge in [-0.1, -0.05) is 30.9 Å². The van der Waals surface area contributed by atoms with E-state index in [1.54, 1.807) is 13.0 Å². The summed E-state index contributed by atoms with van der Waals surface area (Å²) in [5.74, 6) is 1.41. The fraction of sp³-hybridized carbons (Fsp3) is 0.517. The zero-order valence-corrected chi connectivity index (χ0v) is 22.0. The molecule has 1 aliphatic carbocycles. The smallest absolute Gasteiger partial charge is 0.264 e. The highest BCUT2D eigenvalue weighted by atomic mass is 19.3. The van der Waals surface area contributed by atoms with Gasteiger partial charge in [0, 0.05) is 49.6 Å². The largest absolute Gasteiger partial charge is 0.388 e. The highest BCUT2D eigenvalue weighted by molar-refractivity contribution is 5.46. The Labute approximate surface area is 213 Å². The Kier molecular flexibility index (Phi) is 7.96. The molecule has 0 radical (unpaired) electrons. The number of nitrogens with zero attached hydrogens (tertiary/aromatic N) is 3. The summed E-state index contributed by atoms with van der Waals surface area (Å²) in [7, 11) is 4.21. The summed E-state index contributed by atoms with van der Waals surface area (Å²) >= 11 is 0. The van der Waals surface area contributed by atoms with E-state index < -0.39 is 6.43 Å². The van der Waals surface area contributed by atoms with E-state index in [1.807, 2.05) is 13.0 Å². The van der Waals surface area contributed by atoms with Gasteiger partial charge < -0.3 is 15.5 Å². The molecule has 0 amide bonds. The summed E-state index contributed by atoms with van der Waals surface area (Å²) in [6.45, 7) is 8.52. The molecule has 3 heterocycles. The molecule has 2 N–H and O–H groups in total. The fourth-order valence-electron chi connectivity index (χ4n) is 5.72. The molecule has 1 fully saturated rings. The first-order valence-electron chi connectivity index (χ1n) is 13.0. The minimum atomic E-state index is -2.48. The van der Waals surface area contributed by atoms with Gasteiger partial charge in [0.25, 0.3) is 6.43 Å². The van der Waals surface area contributed by atoms with Crippen molar-refractivity contribution in [2.24, 2.45) is 5.41 Å². The van der Waals surface area contributed by atoms with Gasteiger partial charge in [-0.05, 0) is 69.9 Å². The monoisotopic (exact) mass is 495 g/mol. The maximum absolute atomic E-state index is 13.4. The Morgan fingerprint density at radius 1 is 1.19 bits per heavy atom. The van der Waals surface area contributed by atoms with E-state index in [4.69, 9.17) is 9.97 Å². The van der Waals surface area contributed by atoms with E-state index in [1.165, 1.54) is 11.8 Å². The zero-order chi connectivity index (χ0) is 25.9. The highest BCUT2D eigenvalue weighted by Crippen LogP contribution is 2.46. The third-order valence-electron chi connectivity index (χ3n) is 8.01. The number of aromatic nitrogens is 2. The number of halogens is 2. The lowest BCUT2D eigenvalue weighted by molar-refractivity contribution is 0.150. The topological polar surface area (TPSA) is 53.1 Å². The maximum atomic E-state index is 13.4. The summed E-state index contributed by atoms with van der Waals surface area (Å²) in [6.07, 6.45) is 9.37. The molecule has 1 saturated carbocycles. The third-order valence-corrected chi connectivity index (χ3v) is 8.01. The predicted octanol–water partition coefficient (Wildman–Crippen LogP) is 4.94. The predicted molar refractivity (Wildman–Crippen MR) is 143 cm³/mol. The Hall–Kier alpha value is -2.96. The SMILES string of the molecule is C=C(N(C)C)C12CCC/C=c3/nc(C)nc(NCc4cccc(C(F)F)c4C)/c3=C/NC(CC1)CC2. The zero-order valence-electron chi connectivity index (χ0n) is 22.0. The fourth-order valence-corrected chi connectivity index (χ4v) is 5.72. The molecule has 2 aliphatic heterocycles. The molecule has 7 heteroatoms. The summed E-state index contributed by atoms with van der Waals surface area (Å²) in [5.41, 5.74) is 2.96. The van der Waals surface area contributed by atoms with Gasteiger partial charge in [0.2, 0.25) is 0 Å². The molecule has 0 unspecified atom stereocenters. The summed E-state index contributed by atoms with van der Waals surface area (Å²) in [4.78, 5) is 11.6. The van der Waals surface area contributed by atoms with Crippen LogP contribution < -0.4 is 21.2 Å². The molecule has 0 saturated heterocycles. The van der Waals surface area contributed by atoms with E-state index in [9.17, 15) is 8.78 Å². The molecular weight excluding hydrogens is 456 g/mol. The molecule has 1 aromatic carbocycles. The normalized spacial score (nSPS) is 23.7. The molecule has 1 aromatic heterocycles. The van der Waals surface area contributed by atoms with Crippen molar-refractivity contribution in [3.8, 4) is 0 Å². The number of nitrogens with one attached hydrogen (secondary N) is 2.